The quantitative estimate of drug-likeness (QED) is 0.391. The van der Waals surface area contributed by atoms with Gasteiger partial charge < -0.3 is 25.7 Å². The van der Waals surface area contributed by atoms with E-state index in [-0.39, 0.29) is 11.6 Å². The monoisotopic (exact) mass is 416 g/mol. The number of anilines is 2. The van der Waals surface area contributed by atoms with E-state index >= 15 is 0 Å². The number of aromatic nitrogens is 3. The molecule has 0 atom stereocenters. The summed E-state index contributed by atoms with van der Waals surface area (Å²) in [5, 5.41) is 8.08. The number of aryl methyl sites for hydroxylation is 1. The average molecular weight is 416 g/mol. The molecule has 0 bridgehead atoms. The number of hydrogen-bond donors (Lipinski definition) is 4. The number of urea groups is 1. The number of ether oxygens (including phenoxy) is 1. The smallest absolute Gasteiger partial charge is 0.323 e. The van der Waals surface area contributed by atoms with E-state index in [0.29, 0.717) is 22.9 Å². The van der Waals surface area contributed by atoms with E-state index in [9.17, 15) is 9.59 Å². The van der Waals surface area contributed by atoms with E-state index < -0.39 is 6.03 Å². The van der Waals surface area contributed by atoms with Crippen molar-refractivity contribution in [3.05, 3.63) is 72.3 Å². The number of hydrogen-bond acceptors (Lipinski definition) is 5. The van der Waals surface area contributed by atoms with Crippen LogP contribution in [0.5, 0.6) is 11.5 Å². The molecule has 2 heterocycles. The van der Waals surface area contributed by atoms with Crippen LogP contribution in [0, 0.1) is 6.92 Å². The van der Waals surface area contributed by atoms with Crippen LogP contribution in [0.15, 0.2) is 60.8 Å². The van der Waals surface area contributed by atoms with Gasteiger partial charge >= 0.3 is 6.03 Å². The van der Waals surface area contributed by atoms with E-state index in [0.717, 1.165) is 16.9 Å². The van der Waals surface area contributed by atoms with Gasteiger partial charge in [0.2, 0.25) is 0 Å². The summed E-state index contributed by atoms with van der Waals surface area (Å²) >= 11 is 0. The molecule has 9 nitrogen and oxygen atoms in total. The third kappa shape index (κ3) is 4.78. The lowest BCUT2D eigenvalue weighted by molar-refractivity contribution is 0.0958. The molecule has 0 fully saturated rings. The highest BCUT2D eigenvalue weighted by Gasteiger charge is 2.09. The second kappa shape index (κ2) is 8.54. The first-order valence-electron chi connectivity index (χ1n) is 9.50. The van der Waals surface area contributed by atoms with E-state index in [2.05, 4.69) is 30.9 Å². The van der Waals surface area contributed by atoms with Gasteiger partial charge in [0.15, 0.2) is 0 Å². The standard InChI is InChI=1S/C22H20N6O3/c1-13-25-18-7-6-15(11-19(18)26-13)28-22(30)27-14-4-3-5-16(10-14)31-17-8-9-24-20(12-17)21(29)23-2/h3-12H,1-2H3,(H,23,29)(H,25,26)(H2,27,28,30). The Morgan fingerprint density at radius 1 is 0.968 bits per heavy atom. The molecule has 156 valence electrons. The van der Waals surface area contributed by atoms with Crippen molar-refractivity contribution in [2.75, 3.05) is 17.7 Å². The number of benzene rings is 2. The van der Waals surface area contributed by atoms with Gasteiger partial charge in [0.1, 0.15) is 23.0 Å². The molecule has 0 aliphatic rings. The Hall–Kier alpha value is -4.40. The number of rotatable bonds is 5. The predicted octanol–water partition coefficient (Wildman–Crippen LogP) is 4.06. The number of nitrogens with zero attached hydrogens (tertiary/aromatic N) is 2. The van der Waals surface area contributed by atoms with Crippen molar-refractivity contribution in [3.8, 4) is 11.5 Å². The summed E-state index contributed by atoms with van der Waals surface area (Å²) in [5.41, 5.74) is 3.11. The summed E-state index contributed by atoms with van der Waals surface area (Å²) in [7, 11) is 1.53. The molecule has 4 aromatic rings. The SMILES string of the molecule is CNC(=O)c1cc(Oc2cccc(NC(=O)Nc3ccc4[nH]c(C)nc4c3)c2)ccn1. The van der Waals surface area contributed by atoms with Gasteiger partial charge in [0.25, 0.3) is 5.91 Å². The topological polar surface area (TPSA) is 121 Å². The maximum atomic E-state index is 12.4. The highest BCUT2D eigenvalue weighted by Crippen LogP contribution is 2.25. The van der Waals surface area contributed by atoms with E-state index in [4.69, 9.17) is 4.74 Å². The fraction of sp³-hybridized carbons (Fsp3) is 0.0909. The lowest BCUT2D eigenvalue weighted by Crippen LogP contribution is -2.19. The minimum absolute atomic E-state index is 0.248. The van der Waals surface area contributed by atoms with Gasteiger partial charge in [-0.05, 0) is 43.3 Å². The molecule has 2 aromatic carbocycles. The summed E-state index contributed by atoms with van der Waals surface area (Å²) in [4.78, 5) is 35.6. The third-order valence-electron chi connectivity index (χ3n) is 4.38. The number of H-pyrrole nitrogens is 1. The predicted molar refractivity (Wildman–Crippen MR) is 118 cm³/mol. The summed E-state index contributed by atoms with van der Waals surface area (Å²) in [6.45, 7) is 1.88. The number of carbonyl (C=O) groups is 2. The molecule has 0 saturated heterocycles. The fourth-order valence-electron chi connectivity index (χ4n) is 3.00. The Kier molecular flexibility index (Phi) is 5.48. The van der Waals surface area contributed by atoms with Gasteiger partial charge in [0.05, 0.1) is 11.0 Å². The molecule has 0 spiro atoms. The molecule has 0 unspecified atom stereocenters. The molecular weight excluding hydrogens is 396 g/mol. The molecule has 31 heavy (non-hydrogen) atoms. The van der Waals surface area contributed by atoms with Crippen LogP contribution in [0.4, 0.5) is 16.2 Å². The van der Waals surface area contributed by atoms with Crippen molar-refractivity contribution in [1.82, 2.24) is 20.3 Å². The molecule has 0 aliphatic carbocycles. The normalized spacial score (nSPS) is 10.5. The Bertz CT molecular complexity index is 1270. The maximum Gasteiger partial charge on any atom is 0.323 e. The number of imidazole rings is 1. The largest absolute Gasteiger partial charge is 0.457 e. The first-order valence-corrected chi connectivity index (χ1v) is 9.50. The van der Waals surface area contributed by atoms with Gasteiger partial charge in [-0.15, -0.1) is 0 Å². The molecular formula is C22H20N6O3. The summed E-state index contributed by atoms with van der Waals surface area (Å²) < 4.78 is 5.80. The van der Waals surface area contributed by atoms with Crippen LogP contribution in [0.3, 0.4) is 0 Å². The lowest BCUT2D eigenvalue weighted by atomic mass is 10.2. The number of nitrogens with one attached hydrogen (secondary N) is 4. The first kappa shape index (κ1) is 19.9. The molecule has 2 aromatic heterocycles. The van der Waals surface area contributed by atoms with Crippen molar-refractivity contribution in [3.63, 3.8) is 0 Å². The van der Waals surface area contributed by atoms with Crippen LogP contribution in [-0.2, 0) is 0 Å². The Labute approximate surface area is 177 Å². The number of fused-ring (bicyclic) bond motifs is 1. The molecule has 0 saturated carbocycles. The highest BCUT2D eigenvalue weighted by atomic mass is 16.5. The minimum Gasteiger partial charge on any atom is -0.457 e. The Morgan fingerprint density at radius 3 is 2.55 bits per heavy atom. The zero-order chi connectivity index (χ0) is 21.8. The van der Waals surface area contributed by atoms with E-state index in [1.165, 1.54) is 13.2 Å². The minimum atomic E-state index is -0.394. The van der Waals surface area contributed by atoms with E-state index in [1.807, 2.05) is 13.0 Å². The Morgan fingerprint density at radius 2 is 1.74 bits per heavy atom. The van der Waals surface area contributed by atoms with Gasteiger partial charge in [-0.3, -0.25) is 9.78 Å². The molecule has 4 N–H and O–H groups in total. The Balaban J connectivity index is 1.43. The maximum absolute atomic E-state index is 12.4. The van der Waals surface area contributed by atoms with Crippen molar-refractivity contribution >= 4 is 34.3 Å². The van der Waals surface area contributed by atoms with Crippen LogP contribution in [0.25, 0.3) is 11.0 Å². The summed E-state index contributed by atoms with van der Waals surface area (Å²) in [5.74, 6) is 1.46. The summed E-state index contributed by atoms with van der Waals surface area (Å²) in [6.07, 6.45) is 1.49. The highest BCUT2D eigenvalue weighted by molar-refractivity contribution is 6.00. The number of pyridine rings is 1. The molecule has 3 amide bonds. The van der Waals surface area contributed by atoms with Gasteiger partial charge in [-0.1, -0.05) is 6.07 Å². The van der Waals surface area contributed by atoms with Crippen molar-refractivity contribution < 1.29 is 14.3 Å². The molecule has 9 heteroatoms. The zero-order valence-electron chi connectivity index (χ0n) is 16.9. The van der Waals surface area contributed by atoms with E-state index in [1.54, 1.807) is 48.5 Å². The summed E-state index contributed by atoms with van der Waals surface area (Å²) in [6, 6.07) is 15.2. The van der Waals surface area contributed by atoms with Gasteiger partial charge in [0, 0.05) is 36.8 Å². The van der Waals surface area contributed by atoms with Crippen LogP contribution in [0.1, 0.15) is 16.3 Å². The molecule has 0 radical (unpaired) electrons. The molecule has 0 aliphatic heterocycles. The van der Waals surface area contributed by atoms with Gasteiger partial charge in [-0.25, -0.2) is 9.78 Å². The second-order valence-electron chi connectivity index (χ2n) is 6.72. The number of amides is 3. The second-order valence-corrected chi connectivity index (χ2v) is 6.72. The van der Waals surface area contributed by atoms with Crippen molar-refractivity contribution in [2.45, 2.75) is 6.92 Å². The van der Waals surface area contributed by atoms with Crippen LogP contribution in [-0.4, -0.2) is 33.9 Å². The lowest BCUT2D eigenvalue weighted by Gasteiger charge is -2.10. The van der Waals surface area contributed by atoms with Crippen LogP contribution < -0.4 is 20.7 Å². The van der Waals surface area contributed by atoms with Crippen LogP contribution in [0.2, 0.25) is 0 Å². The molecule has 4 rings (SSSR count). The van der Waals surface area contributed by atoms with Gasteiger partial charge in [-0.2, -0.15) is 0 Å². The fourth-order valence-corrected chi connectivity index (χ4v) is 3.00. The van der Waals surface area contributed by atoms with Crippen LogP contribution >= 0.6 is 0 Å². The third-order valence-corrected chi connectivity index (χ3v) is 4.38. The average Bonchev–Trinajstić information content (AvgIpc) is 3.12. The van der Waals surface area contributed by atoms with Crippen molar-refractivity contribution in [2.24, 2.45) is 0 Å². The first-order chi connectivity index (χ1) is 15.0. The number of aromatic amines is 1. The number of carbonyl (C=O) groups excluding carboxylic acids is 2. The van der Waals surface area contributed by atoms with Crippen molar-refractivity contribution in [1.29, 1.82) is 0 Å². The zero-order valence-corrected chi connectivity index (χ0v) is 16.9.